The van der Waals surface area contributed by atoms with E-state index in [9.17, 15) is 0 Å². The van der Waals surface area contributed by atoms with Crippen molar-refractivity contribution in [1.82, 2.24) is 9.78 Å². The van der Waals surface area contributed by atoms with Gasteiger partial charge in [0.25, 0.3) is 0 Å². The molecule has 0 bridgehead atoms. The normalized spacial score (nSPS) is 25.5. The second kappa shape index (κ2) is 3.74. The molecule has 2 aliphatic rings. The van der Waals surface area contributed by atoms with Crippen LogP contribution in [0.5, 0.6) is 0 Å². The van der Waals surface area contributed by atoms with Crippen molar-refractivity contribution in [2.45, 2.75) is 38.1 Å². The average molecular weight is 223 g/mol. The first kappa shape index (κ1) is 9.58. The summed E-state index contributed by atoms with van der Waals surface area (Å²) in [5.41, 5.74) is 8.81. The Morgan fingerprint density at radius 1 is 1.33 bits per heavy atom. The molecule has 1 unspecified atom stereocenters. The maximum absolute atomic E-state index is 6.20. The fourth-order valence-electron chi connectivity index (χ4n) is 2.59. The molecule has 4 heteroatoms. The largest absolute Gasteiger partial charge is 0.384 e. The Morgan fingerprint density at radius 3 is 2.93 bits per heavy atom. The Labute approximate surface area is 94.4 Å². The highest BCUT2D eigenvalue weighted by atomic mass is 32.2. The third kappa shape index (κ3) is 1.55. The number of nitrogen functional groups attached to an aromatic ring is 1. The third-order valence-electron chi connectivity index (χ3n) is 3.47. The van der Waals surface area contributed by atoms with Crippen LogP contribution in [0.1, 0.15) is 36.6 Å². The molecule has 1 atom stereocenters. The lowest BCUT2D eigenvalue weighted by atomic mass is 9.98. The first-order valence-electron chi connectivity index (χ1n) is 5.80. The Balaban J connectivity index is 1.97. The van der Waals surface area contributed by atoms with Gasteiger partial charge in [-0.05, 0) is 37.9 Å². The zero-order valence-electron chi connectivity index (χ0n) is 8.91. The topological polar surface area (TPSA) is 43.8 Å². The first-order valence-corrected chi connectivity index (χ1v) is 6.95. The molecule has 0 amide bonds. The summed E-state index contributed by atoms with van der Waals surface area (Å²) in [4.78, 5) is 0. The quantitative estimate of drug-likeness (QED) is 0.792. The summed E-state index contributed by atoms with van der Waals surface area (Å²) in [7, 11) is 0. The van der Waals surface area contributed by atoms with Gasteiger partial charge in [0.15, 0.2) is 0 Å². The molecule has 0 spiro atoms. The van der Waals surface area contributed by atoms with Gasteiger partial charge < -0.3 is 5.73 Å². The van der Waals surface area contributed by atoms with E-state index >= 15 is 0 Å². The average Bonchev–Trinajstić information content (AvgIpc) is 2.87. The molecular formula is C11H17N3S. The van der Waals surface area contributed by atoms with Gasteiger partial charge >= 0.3 is 0 Å². The predicted octanol–water partition coefficient (Wildman–Crippen LogP) is 2.02. The predicted molar refractivity (Wildman–Crippen MR) is 64.3 cm³/mol. The van der Waals surface area contributed by atoms with Crippen LogP contribution in [0, 0.1) is 0 Å². The molecule has 1 fully saturated rings. The number of aryl methyl sites for hydroxylation is 1. The number of hydrogen-bond donors (Lipinski definition) is 1. The van der Waals surface area contributed by atoms with Crippen LogP contribution < -0.4 is 5.73 Å². The maximum Gasteiger partial charge on any atom is 0.125 e. The van der Waals surface area contributed by atoms with Crippen LogP contribution in [-0.2, 0) is 12.8 Å². The summed E-state index contributed by atoms with van der Waals surface area (Å²) in [5, 5.41) is 4.71. The summed E-state index contributed by atoms with van der Waals surface area (Å²) in [6, 6.07) is 0.556. The smallest absolute Gasteiger partial charge is 0.125 e. The molecule has 0 saturated carbocycles. The van der Waals surface area contributed by atoms with E-state index in [1.54, 1.807) is 0 Å². The van der Waals surface area contributed by atoms with Crippen molar-refractivity contribution in [1.29, 1.82) is 0 Å². The van der Waals surface area contributed by atoms with Crippen molar-refractivity contribution in [2.75, 3.05) is 17.2 Å². The highest BCUT2D eigenvalue weighted by Crippen LogP contribution is 2.33. The van der Waals surface area contributed by atoms with Crippen LogP contribution in [0.2, 0.25) is 0 Å². The van der Waals surface area contributed by atoms with Gasteiger partial charge in [0.05, 0.1) is 11.7 Å². The Kier molecular flexibility index (Phi) is 2.39. The van der Waals surface area contributed by atoms with E-state index < -0.39 is 0 Å². The molecule has 2 heterocycles. The number of rotatable bonds is 1. The Morgan fingerprint density at radius 2 is 2.20 bits per heavy atom. The Hall–Kier alpha value is -0.640. The molecule has 82 valence electrons. The third-order valence-corrected chi connectivity index (χ3v) is 4.62. The zero-order valence-corrected chi connectivity index (χ0v) is 9.72. The fraction of sp³-hybridized carbons (Fsp3) is 0.727. The number of nitrogens with two attached hydrogens (primary N) is 1. The lowest BCUT2D eigenvalue weighted by Gasteiger charge is -2.11. The molecule has 2 N–H and O–H groups in total. The minimum absolute atomic E-state index is 0.556. The van der Waals surface area contributed by atoms with Gasteiger partial charge in [-0.15, -0.1) is 0 Å². The van der Waals surface area contributed by atoms with Crippen LogP contribution in [-0.4, -0.2) is 21.3 Å². The van der Waals surface area contributed by atoms with Gasteiger partial charge in [-0.2, -0.15) is 16.9 Å². The molecule has 15 heavy (non-hydrogen) atoms. The summed E-state index contributed by atoms with van der Waals surface area (Å²) in [5.74, 6) is 3.40. The van der Waals surface area contributed by atoms with Crippen molar-refractivity contribution < 1.29 is 0 Å². The van der Waals surface area contributed by atoms with Crippen molar-refractivity contribution in [3.05, 3.63) is 11.3 Å². The number of hydrogen-bond acceptors (Lipinski definition) is 3. The summed E-state index contributed by atoms with van der Waals surface area (Å²) < 4.78 is 2.11. The summed E-state index contributed by atoms with van der Waals surface area (Å²) in [6.45, 7) is 0. The van der Waals surface area contributed by atoms with Gasteiger partial charge in [0, 0.05) is 11.3 Å². The number of fused-ring (bicyclic) bond motifs is 1. The molecular weight excluding hydrogens is 206 g/mol. The molecule has 1 aromatic heterocycles. The number of thioether (sulfide) groups is 1. The second-order valence-electron chi connectivity index (χ2n) is 4.48. The molecule has 1 aliphatic carbocycles. The molecule has 3 nitrogen and oxygen atoms in total. The van der Waals surface area contributed by atoms with E-state index in [2.05, 4.69) is 4.68 Å². The van der Waals surface area contributed by atoms with Crippen LogP contribution in [0.3, 0.4) is 0 Å². The number of aromatic nitrogens is 2. The molecule has 0 aromatic carbocycles. The van der Waals surface area contributed by atoms with Gasteiger partial charge in [0.1, 0.15) is 5.82 Å². The summed E-state index contributed by atoms with van der Waals surface area (Å²) >= 11 is 2.02. The molecule has 1 saturated heterocycles. The zero-order chi connectivity index (χ0) is 10.3. The van der Waals surface area contributed by atoms with Crippen molar-refractivity contribution in [3.8, 4) is 0 Å². The highest BCUT2D eigenvalue weighted by Gasteiger charge is 2.25. The minimum Gasteiger partial charge on any atom is -0.384 e. The van der Waals surface area contributed by atoms with E-state index in [0.717, 1.165) is 18.7 Å². The molecule has 1 aromatic rings. The van der Waals surface area contributed by atoms with Gasteiger partial charge in [-0.3, -0.25) is 0 Å². The monoisotopic (exact) mass is 223 g/mol. The standard InChI is InChI=1S/C11H17N3S/c12-11-9-3-1-2-4-10(9)13-14(11)8-5-6-15-7-8/h8H,1-7,12H2. The van der Waals surface area contributed by atoms with Crippen molar-refractivity contribution >= 4 is 17.6 Å². The molecule has 3 rings (SSSR count). The van der Waals surface area contributed by atoms with Gasteiger partial charge in [0.2, 0.25) is 0 Å². The fourth-order valence-corrected chi connectivity index (χ4v) is 3.78. The minimum atomic E-state index is 0.556. The highest BCUT2D eigenvalue weighted by molar-refractivity contribution is 7.99. The maximum atomic E-state index is 6.20. The van der Waals surface area contributed by atoms with E-state index in [0.29, 0.717) is 6.04 Å². The van der Waals surface area contributed by atoms with E-state index in [4.69, 9.17) is 10.8 Å². The lowest BCUT2D eigenvalue weighted by Crippen LogP contribution is -2.12. The second-order valence-corrected chi connectivity index (χ2v) is 5.63. The van der Waals surface area contributed by atoms with Crippen LogP contribution in [0.4, 0.5) is 5.82 Å². The van der Waals surface area contributed by atoms with Crippen LogP contribution >= 0.6 is 11.8 Å². The lowest BCUT2D eigenvalue weighted by molar-refractivity contribution is 0.503. The van der Waals surface area contributed by atoms with Crippen molar-refractivity contribution in [2.24, 2.45) is 0 Å². The van der Waals surface area contributed by atoms with Crippen LogP contribution in [0.15, 0.2) is 0 Å². The van der Waals surface area contributed by atoms with Gasteiger partial charge in [-0.25, -0.2) is 4.68 Å². The summed E-state index contributed by atoms with van der Waals surface area (Å²) in [6.07, 6.45) is 6.06. The number of anilines is 1. The Bertz CT molecular complexity index is 366. The van der Waals surface area contributed by atoms with Crippen LogP contribution in [0.25, 0.3) is 0 Å². The van der Waals surface area contributed by atoms with E-state index in [1.807, 2.05) is 11.8 Å². The molecule has 1 aliphatic heterocycles. The number of nitrogens with zero attached hydrogens (tertiary/aromatic N) is 2. The van der Waals surface area contributed by atoms with E-state index in [-0.39, 0.29) is 0 Å². The first-order chi connectivity index (χ1) is 7.36. The molecule has 0 radical (unpaired) electrons. The SMILES string of the molecule is Nc1c2c(nn1C1CCSC1)CCCC2. The van der Waals surface area contributed by atoms with E-state index in [1.165, 1.54) is 42.0 Å². The van der Waals surface area contributed by atoms with Gasteiger partial charge in [-0.1, -0.05) is 0 Å². The van der Waals surface area contributed by atoms with Crippen molar-refractivity contribution in [3.63, 3.8) is 0 Å².